The number of hydrogen-bond acceptors (Lipinski definition) is 3. The van der Waals surface area contributed by atoms with Gasteiger partial charge in [0.05, 0.1) is 18.0 Å². The van der Waals surface area contributed by atoms with Crippen molar-refractivity contribution >= 4 is 23.2 Å². The molecule has 2 rings (SSSR count). The van der Waals surface area contributed by atoms with Crippen LogP contribution in [-0.4, -0.2) is 17.0 Å². The van der Waals surface area contributed by atoms with E-state index < -0.39 is 17.8 Å². The van der Waals surface area contributed by atoms with E-state index in [1.807, 2.05) is 12.3 Å². The fraction of sp³-hybridized carbons (Fsp3) is 0.200. The number of halogens is 1. The Morgan fingerprint density at radius 2 is 1.95 bits per heavy atom. The summed E-state index contributed by atoms with van der Waals surface area (Å²) in [6.07, 6.45) is -0.263. The third-order valence-corrected chi connectivity index (χ3v) is 3.92. The minimum atomic E-state index is -1.04. The molecule has 2 N–H and O–H groups in total. The molecular weight excluding hydrogens is 293 g/mol. The largest absolute Gasteiger partial charge is 0.481 e. The molecular formula is C15H14FNO3S. The Morgan fingerprint density at radius 3 is 2.48 bits per heavy atom. The number of rotatable bonds is 5. The minimum absolute atomic E-state index is 0.263. The first-order valence-corrected chi connectivity index (χ1v) is 7.22. The minimum Gasteiger partial charge on any atom is -0.481 e. The van der Waals surface area contributed by atoms with Crippen LogP contribution in [0.25, 0.3) is 0 Å². The van der Waals surface area contributed by atoms with Gasteiger partial charge < -0.3 is 10.4 Å². The molecule has 21 heavy (non-hydrogen) atoms. The second-order valence-corrected chi connectivity index (χ2v) is 5.39. The average Bonchev–Trinajstić information content (AvgIpc) is 2.84. The Kier molecular flexibility index (Phi) is 4.70. The number of aryl methyl sites for hydroxylation is 1. The van der Waals surface area contributed by atoms with E-state index in [1.165, 1.54) is 35.6 Å². The van der Waals surface area contributed by atoms with Crippen molar-refractivity contribution in [3.63, 3.8) is 0 Å². The van der Waals surface area contributed by atoms with Gasteiger partial charge in [0.15, 0.2) is 0 Å². The van der Waals surface area contributed by atoms with Crippen LogP contribution < -0.4 is 5.32 Å². The number of nitrogens with one attached hydrogen (secondary N) is 1. The predicted molar refractivity (Wildman–Crippen MR) is 77.9 cm³/mol. The van der Waals surface area contributed by atoms with Gasteiger partial charge in [0.2, 0.25) is 0 Å². The average molecular weight is 307 g/mol. The highest BCUT2D eigenvalue weighted by atomic mass is 32.1. The van der Waals surface area contributed by atoms with Gasteiger partial charge in [-0.15, -0.1) is 0 Å². The van der Waals surface area contributed by atoms with E-state index in [4.69, 9.17) is 5.11 Å². The molecule has 0 spiro atoms. The zero-order valence-corrected chi connectivity index (χ0v) is 12.1. The summed E-state index contributed by atoms with van der Waals surface area (Å²) in [5.74, 6) is -1.77. The summed E-state index contributed by atoms with van der Waals surface area (Å²) in [4.78, 5) is 23.1. The van der Waals surface area contributed by atoms with E-state index >= 15 is 0 Å². The Morgan fingerprint density at radius 1 is 1.29 bits per heavy atom. The first-order valence-electron chi connectivity index (χ1n) is 6.28. The van der Waals surface area contributed by atoms with Crippen LogP contribution in [0.15, 0.2) is 35.0 Å². The molecule has 1 heterocycles. The maximum absolute atomic E-state index is 12.9. The lowest BCUT2D eigenvalue weighted by molar-refractivity contribution is -0.137. The van der Waals surface area contributed by atoms with Crippen molar-refractivity contribution in [3.05, 3.63) is 57.5 Å². The number of thiophene rings is 1. The van der Waals surface area contributed by atoms with Gasteiger partial charge >= 0.3 is 5.97 Å². The van der Waals surface area contributed by atoms with Crippen LogP contribution in [0.2, 0.25) is 0 Å². The number of hydrogen-bond donors (Lipinski definition) is 2. The van der Waals surface area contributed by atoms with Crippen LogP contribution in [0.1, 0.15) is 33.9 Å². The maximum Gasteiger partial charge on any atom is 0.305 e. The van der Waals surface area contributed by atoms with Crippen molar-refractivity contribution in [1.29, 1.82) is 0 Å². The smallest absolute Gasteiger partial charge is 0.305 e. The van der Waals surface area contributed by atoms with Crippen molar-refractivity contribution in [2.24, 2.45) is 0 Å². The highest BCUT2D eigenvalue weighted by molar-refractivity contribution is 7.08. The van der Waals surface area contributed by atoms with Crippen molar-refractivity contribution in [3.8, 4) is 0 Å². The molecule has 0 aliphatic rings. The molecule has 6 heteroatoms. The molecule has 0 fully saturated rings. The molecule has 1 aromatic heterocycles. The third-order valence-electron chi connectivity index (χ3n) is 3.06. The topological polar surface area (TPSA) is 66.4 Å². The van der Waals surface area contributed by atoms with Gasteiger partial charge in [0, 0.05) is 5.38 Å². The predicted octanol–water partition coefficient (Wildman–Crippen LogP) is 3.14. The van der Waals surface area contributed by atoms with Crippen molar-refractivity contribution < 1.29 is 19.1 Å². The highest BCUT2D eigenvalue weighted by Gasteiger charge is 2.20. The summed E-state index contributed by atoms with van der Waals surface area (Å²) in [5, 5.41) is 15.2. The van der Waals surface area contributed by atoms with Crippen LogP contribution in [-0.2, 0) is 4.79 Å². The van der Waals surface area contributed by atoms with E-state index in [9.17, 15) is 14.0 Å². The first kappa shape index (κ1) is 15.2. The molecule has 0 aliphatic heterocycles. The van der Waals surface area contributed by atoms with Crippen LogP contribution in [0.4, 0.5) is 4.39 Å². The molecule has 0 bridgehead atoms. The second kappa shape index (κ2) is 6.49. The second-order valence-electron chi connectivity index (χ2n) is 4.64. The summed E-state index contributed by atoms with van der Waals surface area (Å²) in [7, 11) is 0. The van der Waals surface area contributed by atoms with Gasteiger partial charge in [0.25, 0.3) is 5.91 Å². The number of carbonyl (C=O) groups excluding carboxylic acids is 1. The van der Waals surface area contributed by atoms with Gasteiger partial charge in [-0.25, -0.2) is 4.39 Å². The summed E-state index contributed by atoms with van der Waals surface area (Å²) < 4.78 is 12.9. The van der Waals surface area contributed by atoms with E-state index in [2.05, 4.69) is 5.32 Å². The van der Waals surface area contributed by atoms with Crippen LogP contribution in [0, 0.1) is 12.7 Å². The molecule has 110 valence electrons. The normalized spacial score (nSPS) is 11.9. The van der Waals surface area contributed by atoms with Gasteiger partial charge in [-0.3, -0.25) is 9.59 Å². The lowest BCUT2D eigenvalue weighted by Gasteiger charge is -2.17. The number of benzene rings is 1. The molecule has 1 unspecified atom stereocenters. The molecule has 2 aromatic rings. The fourth-order valence-electron chi connectivity index (χ4n) is 1.95. The summed E-state index contributed by atoms with van der Waals surface area (Å²) >= 11 is 1.41. The van der Waals surface area contributed by atoms with E-state index in [0.717, 1.165) is 5.56 Å². The van der Waals surface area contributed by atoms with E-state index in [0.29, 0.717) is 11.1 Å². The monoisotopic (exact) mass is 307 g/mol. The van der Waals surface area contributed by atoms with Crippen LogP contribution in [0.5, 0.6) is 0 Å². The third kappa shape index (κ3) is 3.88. The first-order chi connectivity index (χ1) is 9.97. The van der Waals surface area contributed by atoms with Gasteiger partial charge in [-0.05, 0) is 35.6 Å². The summed E-state index contributed by atoms with van der Waals surface area (Å²) in [5.41, 5.74) is 1.92. The summed E-state index contributed by atoms with van der Waals surface area (Å²) in [6, 6.07) is 4.74. The maximum atomic E-state index is 12.9. The standard InChI is InChI=1S/C15H14FNO3S/c1-9-7-21-8-12(9)15(20)17-13(6-14(18)19)10-2-4-11(16)5-3-10/h2-5,7-8,13H,6H2,1H3,(H,17,20)(H,18,19). The fourth-order valence-corrected chi connectivity index (χ4v) is 2.78. The van der Waals surface area contributed by atoms with Crippen LogP contribution in [0.3, 0.4) is 0 Å². The number of aliphatic carboxylic acids is 1. The SMILES string of the molecule is Cc1cscc1C(=O)NC(CC(=O)O)c1ccc(F)cc1. The molecule has 0 saturated carbocycles. The lowest BCUT2D eigenvalue weighted by atomic mass is 10.0. The molecule has 0 radical (unpaired) electrons. The quantitative estimate of drug-likeness (QED) is 0.892. The highest BCUT2D eigenvalue weighted by Crippen LogP contribution is 2.20. The van der Waals surface area contributed by atoms with Crippen molar-refractivity contribution in [2.75, 3.05) is 0 Å². The molecule has 0 saturated heterocycles. The lowest BCUT2D eigenvalue weighted by Crippen LogP contribution is -2.30. The number of amides is 1. The van der Waals surface area contributed by atoms with Crippen molar-refractivity contribution in [2.45, 2.75) is 19.4 Å². The molecule has 1 atom stereocenters. The Balaban J connectivity index is 2.20. The zero-order chi connectivity index (χ0) is 15.4. The number of carboxylic acids is 1. The number of carboxylic acid groups (broad SMARTS) is 1. The van der Waals surface area contributed by atoms with E-state index in [1.54, 1.807) is 5.38 Å². The molecule has 1 amide bonds. The summed E-state index contributed by atoms with van der Waals surface area (Å²) in [6.45, 7) is 1.81. The van der Waals surface area contributed by atoms with Gasteiger partial charge in [-0.2, -0.15) is 11.3 Å². The van der Waals surface area contributed by atoms with Gasteiger partial charge in [-0.1, -0.05) is 12.1 Å². The van der Waals surface area contributed by atoms with Crippen molar-refractivity contribution in [1.82, 2.24) is 5.32 Å². The number of carbonyl (C=O) groups is 2. The van der Waals surface area contributed by atoms with E-state index in [-0.39, 0.29) is 12.3 Å². The Bertz CT molecular complexity index is 651. The zero-order valence-electron chi connectivity index (χ0n) is 11.3. The Labute approximate surface area is 125 Å². The van der Waals surface area contributed by atoms with Crippen LogP contribution >= 0.6 is 11.3 Å². The Hall–Kier alpha value is -2.21. The molecule has 1 aromatic carbocycles. The van der Waals surface area contributed by atoms with Gasteiger partial charge in [0.1, 0.15) is 5.82 Å². The molecule has 0 aliphatic carbocycles. The molecule has 4 nitrogen and oxygen atoms in total.